The van der Waals surface area contributed by atoms with Crippen molar-refractivity contribution in [2.45, 2.75) is 32.1 Å². The fourth-order valence-corrected chi connectivity index (χ4v) is 2.41. The minimum Gasteiger partial charge on any atom is -0.481 e. The third-order valence-corrected chi connectivity index (χ3v) is 3.28. The highest BCUT2D eigenvalue weighted by atomic mass is 16.4. The second-order valence-corrected chi connectivity index (χ2v) is 4.33. The van der Waals surface area contributed by atoms with Crippen molar-refractivity contribution in [1.82, 2.24) is 4.98 Å². The minimum atomic E-state index is -0.649. The van der Waals surface area contributed by atoms with E-state index in [2.05, 4.69) is 4.98 Å². The van der Waals surface area contributed by atoms with Crippen molar-refractivity contribution in [3.05, 3.63) is 30.1 Å². The SMILES string of the molecule is O=C(O)C1(Cc2cccnc2)CCCC1. The molecular weight excluding hydrogens is 190 g/mol. The molecule has 0 aromatic carbocycles. The molecule has 1 saturated carbocycles. The van der Waals surface area contributed by atoms with Gasteiger partial charge in [-0.3, -0.25) is 9.78 Å². The molecule has 1 aliphatic rings. The van der Waals surface area contributed by atoms with Crippen LogP contribution in [0.2, 0.25) is 0 Å². The Morgan fingerprint density at radius 1 is 1.47 bits per heavy atom. The Kier molecular flexibility index (Phi) is 2.71. The Hall–Kier alpha value is -1.38. The van der Waals surface area contributed by atoms with Gasteiger partial charge in [0.1, 0.15) is 0 Å². The van der Waals surface area contributed by atoms with Crippen LogP contribution >= 0.6 is 0 Å². The van der Waals surface area contributed by atoms with Crippen LogP contribution in [-0.2, 0) is 11.2 Å². The summed E-state index contributed by atoms with van der Waals surface area (Å²) in [7, 11) is 0. The van der Waals surface area contributed by atoms with Gasteiger partial charge in [-0.25, -0.2) is 0 Å². The van der Waals surface area contributed by atoms with E-state index < -0.39 is 11.4 Å². The van der Waals surface area contributed by atoms with Crippen LogP contribution in [0.25, 0.3) is 0 Å². The zero-order valence-corrected chi connectivity index (χ0v) is 8.65. The third-order valence-electron chi connectivity index (χ3n) is 3.28. The maximum absolute atomic E-state index is 11.3. The quantitative estimate of drug-likeness (QED) is 0.823. The molecular formula is C12H15NO2. The lowest BCUT2D eigenvalue weighted by molar-refractivity contribution is -0.148. The second kappa shape index (κ2) is 4.01. The van der Waals surface area contributed by atoms with Crippen molar-refractivity contribution < 1.29 is 9.90 Å². The molecule has 0 unspecified atom stereocenters. The van der Waals surface area contributed by atoms with E-state index in [4.69, 9.17) is 0 Å². The van der Waals surface area contributed by atoms with Gasteiger partial charge in [0.2, 0.25) is 0 Å². The number of pyridine rings is 1. The predicted molar refractivity (Wildman–Crippen MR) is 56.5 cm³/mol. The van der Waals surface area contributed by atoms with Gasteiger partial charge in [0.05, 0.1) is 5.41 Å². The number of hydrogen-bond acceptors (Lipinski definition) is 2. The van der Waals surface area contributed by atoms with Gasteiger partial charge in [-0.2, -0.15) is 0 Å². The zero-order chi connectivity index (χ0) is 10.7. The minimum absolute atomic E-state index is 0.525. The third kappa shape index (κ3) is 2.01. The summed E-state index contributed by atoms with van der Waals surface area (Å²) >= 11 is 0. The van der Waals surface area contributed by atoms with Crippen LogP contribution in [0.4, 0.5) is 0 Å². The molecule has 0 saturated heterocycles. The molecule has 0 amide bonds. The number of carbonyl (C=O) groups is 1. The highest BCUT2D eigenvalue weighted by molar-refractivity contribution is 5.75. The average Bonchev–Trinajstić information content (AvgIpc) is 2.69. The Balaban J connectivity index is 2.18. The molecule has 1 aliphatic carbocycles. The largest absolute Gasteiger partial charge is 0.481 e. The van der Waals surface area contributed by atoms with E-state index in [0.717, 1.165) is 31.2 Å². The molecule has 15 heavy (non-hydrogen) atoms. The maximum Gasteiger partial charge on any atom is 0.309 e. The Morgan fingerprint density at radius 2 is 2.20 bits per heavy atom. The monoisotopic (exact) mass is 205 g/mol. The molecule has 0 atom stereocenters. The van der Waals surface area contributed by atoms with Crippen molar-refractivity contribution in [2.24, 2.45) is 5.41 Å². The average molecular weight is 205 g/mol. The Labute approximate surface area is 89.2 Å². The number of aliphatic carboxylic acids is 1. The van der Waals surface area contributed by atoms with Crippen molar-refractivity contribution in [3.8, 4) is 0 Å². The summed E-state index contributed by atoms with van der Waals surface area (Å²) in [6, 6.07) is 3.82. The highest BCUT2D eigenvalue weighted by Gasteiger charge is 2.41. The molecule has 3 heteroatoms. The van der Waals surface area contributed by atoms with Crippen LogP contribution in [0.3, 0.4) is 0 Å². The van der Waals surface area contributed by atoms with Crippen LogP contribution in [0.15, 0.2) is 24.5 Å². The first-order chi connectivity index (χ1) is 7.23. The molecule has 1 aromatic rings. The molecule has 1 aromatic heterocycles. The topological polar surface area (TPSA) is 50.2 Å². The summed E-state index contributed by atoms with van der Waals surface area (Å²) in [6.45, 7) is 0. The van der Waals surface area contributed by atoms with Crippen molar-refractivity contribution in [2.75, 3.05) is 0 Å². The molecule has 2 rings (SSSR count). The van der Waals surface area contributed by atoms with Crippen LogP contribution in [-0.4, -0.2) is 16.1 Å². The van der Waals surface area contributed by atoms with Crippen LogP contribution in [0.5, 0.6) is 0 Å². The lowest BCUT2D eigenvalue weighted by Gasteiger charge is -2.23. The van der Waals surface area contributed by atoms with Gasteiger partial charge in [0, 0.05) is 12.4 Å². The van der Waals surface area contributed by atoms with Gasteiger partial charge in [-0.15, -0.1) is 0 Å². The summed E-state index contributed by atoms with van der Waals surface area (Å²) in [4.78, 5) is 15.3. The van der Waals surface area contributed by atoms with Crippen molar-refractivity contribution in [1.29, 1.82) is 0 Å². The molecule has 0 spiro atoms. The Morgan fingerprint density at radius 3 is 2.73 bits per heavy atom. The van der Waals surface area contributed by atoms with E-state index in [1.165, 1.54) is 0 Å². The Bertz CT molecular complexity index is 342. The van der Waals surface area contributed by atoms with Gasteiger partial charge >= 0.3 is 5.97 Å². The number of carboxylic acid groups (broad SMARTS) is 1. The normalized spacial score (nSPS) is 18.9. The van der Waals surface area contributed by atoms with Crippen LogP contribution < -0.4 is 0 Å². The summed E-state index contributed by atoms with van der Waals surface area (Å²) in [5, 5.41) is 9.30. The molecule has 3 nitrogen and oxygen atoms in total. The molecule has 0 aliphatic heterocycles. The zero-order valence-electron chi connectivity index (χ0n) is 8.65. The van der Waals surface area contributed by atoms with Gasteiger partial charge in [-0.1, -0.05) is 18.9 Å². The van der Waals surface area contributed by atoms with Gasteiger partial charge in [0.15, 0.2) is 0 Å². The fraction of sp³-hybridized carbons (Fsp3) is 0.500. The van der Waals surface area contributed by atoms with Crippen LogP contribution in [0.1, 0.15) is 31.2 Å². The first-order valence-electron chi connectivity index (χ1n) is 5.35. The lowest BCUT2D eigenvalue weighted by atomic mass is 9.80. The molecule has 0 radical (unpaired) electrons. The van der Waals surface area contributed by atoms with Gasteiger partial charge in [-0.05, 0) is 30.9 Å². The molecule has 1 N–H and O–H groups in total. The molecule has 1 heterocycles. The predicted octanol–water partition coefficient (Wildman–Crippen LogP) is 2.27. The van der Waals surface area contributed by atoms with E-state index in [0.29, 0.717) is 6.42 Å². The second-order valence-electron chi connectivity index (χ2n) is 4.33. The standard InChI is InChI=1S/C12H15NO2/c14-11(15)12(5-1-2-6-12)8-10-4-3-7-13-9-10/h3-4,7,9H,1-2,5-6,8H2,(H,14,15). The first kappa shape index (κ1) is 10.1. The summed E-state index contributed by atoms with van der Waals surface area (Å²) in [5.74, 6) is -0.649. The molecule has 80 valence electrons. The van der Waals surface area contributed by atoms with E-state index in [1.54, 1.807) is 12.4 Å². The number of carboxylic acids is 1. The number of rotatable bonds is 3. The summed E-state index contributed by atoms with van der Waals surface area (Å²) in [6.07, 6.45) is 7.78. The van der Waals surface area contributed by atoms with Crippen LogP contribution in [0, 0.1) is 5.41 Å². The highest BCUT2D eigenvalue weighted by Crippen LogP contribution is 2.41. The van der Waals surface area contributed by atoms with Crippen molar-refractivity contribution in [3.63, 3.8) is 0 Å². The molecule has 1 fully saturated rings. The fourth-order valence-electron chi connectivity index (χ4n) is 2.41. The first-order valence-corrected chi connectivity index (χ1v) is 5.35. The van der Waals surface area contributed by atoms with E-state index in [-0.39, 0.29) is 0 Å². The van der Waals surface area contributed by atoms with E-state index >= 15 is 0 Å². The smallest absolute Gasteiger partial charge is 0.309 e. The number of nitrogens with zero attached hydrogens (tertiary/aromatic N) is 1. The van der Waals surface area contributed by atoms with Gasteiger partial charge < -0.3 is 5.11 Å². The van der Waals surface area contributed by atoms with Crippen molar-refractivity contribution >= 4 is 5.97 Å². The van der Waals surface area contributed by atoms with E-state index in [1.807, 2.05) is 12.1 Å². The number of hydrogen-bond donors (Lipinski definition) is 1. The van der Waals surface area contributed by atoms with E-state index in [9.17, 15) is 9.90 Å². The lowest BCUT2D eigenvalue weighted by Crippen LogP contribution is -2.30. The van der Waals surface area contributed by atoms with Gasteiger partial charge in [0.25, 0.3) is 0 Å². The number of aromatic nitrogens is 1. The maximum atomic E-state index is 11.3. The summed E-state index contributed by atoms with van der Waals surface area (Å²) < 4.78 is 0. The molecule has 0 bridgehead atoms. The summed E-state index contributed by atoms with van der Waals surface area (Å²) in [5.41, 5.74) is 0.505.